The van der Waals surface area contributed by atoms with Crippen LogP contribution in [0.3, 0.4) is 0 Å². The predicted octanol–water partition coefficient (Wildman–Crippen LogP) is 0.342. The van der Waals surface area contributed by atoms with Gasteiger partial charge in [-0.2, -0.15) is 4.31 Å². The number of aryl methyl sites for hydroxylation is 1. The summed E-state index contributed by atoms with van der Waals surface area (Å²) in [7, 11) is 0.175. The molecule has 188 valence electrons. The van der Waals surface area contributed by atoms with Gasteiger partial charge < -0.3 is 10.2 Å². The van der Waals surface area contributed by atoms with E-state index in [9.17, 15) is 22.8 Å². The molecule has 1 fully saturated rings. The van der Waals surface area contributed by atoms with Crippen LogP contribution in [-0.2, 0) is 28.9 Å². The van der Waals surface area contributed by atoms with E-state index in [0.717, 1.165) is 34.9 Å². The molecule has 0 saturated carbocycles. The van der Waals surface area contributed by atoms with E-state index in [0.29, 0.717) is 23.9 Å². The molecule has 0 bridgehead atoms. The summed E-state index contributed by atoms with van der Waals surface area (Å²) in [6.45, 7) is 7.71. The minimum atomic E-state index is -4.01. The number of fused-ring (bicyclic) bond motifs is 1. The second-order valence-corrected chi connectivity index (χ2v) is 11.6. The van der Waals surface area contributed by atoms with Crippen molar-refractivity contribution >= 4 is 26.8 Å². The summed E-state index contributed by atoms with van der Waals surface area (Å²) in [6.07, 6.45) is 2.05. The van der Waals surface area contributed by atoms with Crippen LogP contribution in [0.25, 0.3) is 10.9 Å². The van der Waals surface area contributed by atoms with Gasteiger partial charge in [-0.15, -0.1) is 0 Å². The number of hydrogen-bond donors (Lipinski definition) is 1. The van der Waals surface area contributed by atoms with E-state index in [1.54, 1.807) is 0 Å². The number of carbonyl (C=O) groups excluding carboxylic acids is 1. The molecule has 10 nitrogen and oxygen atoms in total. The fourth-order valence-electron chi connectivity index (χ4n) is 4.76. The molecule has 1 aliphatic heterocycles. The zero-order chi connectivity index (χ0) is 25.2. The van der Waals surface area contributed by atoms with Crippen LogP contribution in [0.5, 0.6) is 0 Å². The Morgan fingerprint density at radius 1 is 1.12 bits per heavy atom. The maximum Gasteiger partial charge on any atom is 0.330 e. The fraction of sp³-hybridized carbons (Fsp3) is 0.609. The molecule has 2 aromatic rings. The maximum atomic E-state index is 13.0. The van der Waals surface area contributed by atoms with Gasteiger partial charge in [-0.25, -0.2) is 13.2 Å². The number of nitrogens with zero attached hydrogens (tertiary/aromatic N) is 4. The Hall–Kier alpha value is -2.50. The first-order valence-electron chi connectivity index (χ1n) is 11.6. The minimum Gasteiger partial charge on any atom is -0.355 e. The summed E-state index contributed by atoms with van der Waals surface area (Å²) in [4.78, 5) is 39.3. The summed E-state index contributed by atoms with van der Waals surface area (Å²) in [5.74, 6) is 0.972. The topological polar surface area (TPSA) is 114 Å². The van der Waals surface area contributed by atoms with Crippen LogP contribution >= 0.6 is 0 Å². The molecule has 1 N–H and O–H groups in total. The van der Waals surface area contributed by atoms with Gasteiger partial charge in [-0.3, -0.25) is 18.7 Å². The van der Waals surface area contributed by atoms with E-state index in [2.05, 4.69) is 24.1 Å². The van der Waals surface area contributed by atoms with Crippen molar-refractivity contribution in [2.75, 3.05) is 39.8 Å². The molecular formula is C23H35N5O5S. The number of likely N-dealkylation sites (tertiary alicyclic amines) is 1. The molecule has 11 heteroatoms. The lowest BCUT2D eigenvalue weighted by Gasteiger charge is -2.34. The normalized spacial score (nSPS) is 19.6. The highest BCUT2D eigenvalue weighted by molar-refractivity contribution is 7.89. The highest BCUT2D eigenvalue weighted by Gasteiger charge is 2.25. The van der Waals surface area contributed by atoms with Crippen molar-refractivity contribution in [2.45, 2.75) is 31.6 Å². The van der Waals surface area contributed by atoms with Gasteiger partial charge in [-0.05, 0) is 49.4 Å². The predicted molar refractivity (Wildman–Crippen MR) is 131 cm³/mol. The van der Waals surface area contributed by atoms with Crippen molar-refractivity contribution < 1.29 is 13.2 Å². The SMILES string of the molecule is CC1CC(C)CN(CCCNC(=O)CN(C)S(=O)(=O)c2ccc3c(c2)c(=O)n(C)c(=O)n3C)C1. The third-order valence-electron chi connectivity index (χ3n) is 6.43. The quantitative estimate of drug-likeness (QED) is 0.531. The van der Waals surface area contributed by atoms with Crippen LogP contribution in [0.4, 0.5) is 0 Å². The molecule has 2 heterocycles. The molecule has 3 rings (SSSR count). The van der Waals surface area contributed by atoms with Gasteiger partial charge in [0.05, 0.1) is 22.3 Å². The van der Waals surface area contributed by atoms with Crippen molar-refractivity contribution in [2.24, 2.45) is 25.9 Å². The van der Waals surface area contributed by atoms with Crippen molar-refractivity contribution in [3.63, 3.8) is 0 Å². The van der Waals surface area contributed by atoms with Gasteiger partial charge in [0.15, 0.2) is 0 Å². The summed E-state index contributed by atoms with van der Waals surface area (Å²) in [6, 6.07) is 4.02. The molecule has 2 atom stereocenters. The number of benzene rings is 1. The van der Waals surface area contributed by atoms with Gasteiger partial charge in [-0.1, -0.05) is 13.8 Å². The number of hydrogen-bond acceptors (Lipinski definition) is 6. The molecule has 34 heavy (non-hydrogen) atoms. The summed E-state index contributed by atoms with van der Waals surface area (Å²) >= 11 is 0. The molecule has 1 aromatic carbocycles. The standard InChI is InChI=1S/C23H35N5O5S/c1-16-11-17(2)14-28(13-16)10-6-9-24-21(29)15-25(3)34(32,33)18-7-8-20-19(12-18)22(30)27(5)23(31)26(20)4/h7-8,12,16-17H,6,9-11,13-15H2,1-5H3,(H,24,29). The lowest BCUT2D eigenvalue weighted by atomic mass is 9.92. The van der Waals surface area contributed by atoms with E-state index < -0.39 is 21.3 Å². The Morgan fingerprint density at radius 3 is 2.41 bits per heavy atom. The molecule has 2 unspecified atom stereocenters. The van der Waals surface area contributed by atoms with Crippen molar-refractivity contribution in [1.29, 1.82) is 0 Å². The molecule has 1 aliphatic rings. The number of carbonyl (C=O) groups is 1. The Balaban J connectivity index is 1.61. The molecular weight excluding hydrogens is 458 g/mol. The number of nitrogens with one attached hydrogen (secondary N) is 1. The number of aromatic nitrogens is 2. The van der Waals surface area contributed by atoms with Crippen LogP contribution in [-0.4, -0.2) is 72.4 Å². The van der Waals surface area contributed by atoms with Gasteiger partial charge >= 0.3 is 5.69 Å². The first kappa shape index (κ1) is 26.1. The second kappa shape index (κ2) is 10.4. The van der Waals surface area contributed by atoms with Gasteiger partial charge in [0, 0.05) is 40.8 Å². The summed E-state index contributed by atoms with van der Waals surface area (Å²) in [5.41, 5.74) is -0.732. The van der Waals surface area contributed by atoms with Gasteiger partial charge in [0.2, 0.25) is 15.9 Å². The van der Waals surface area contributed by atoms with Crippen LogP contribution < -0.4 is 16.6 Å². The maximum absolute atomic E-state index is 13.0. The smallest absolute Gasteiger partial charge is 0.330 e. The molecule has 0 aliphatic carbocycles. The van der Waals surface area contributed by atoms with Crippen molar-refractivity contribution in [1.82, 2.24) is 23.7 Å². The van der Waals surface area contributed by atoms with E-state index in [-0.39, 0.29) is 22.7 Å². The third kappa shape index (κ3) is 5.59. The second-order valence-electron chi connectivity index (χ2n) is 9.55. The number of likely N-dealkylation sites (N-methyl/N-ethyl adjacent to an activating group) is 1. The van der Waals surface area contributed by atoms with Crippen LogP contribution in [0.1, 0.15) is 26.7 Å². The number of sulfonamides is 1. The van der Waals surface area contributed by atoms with Crippen molar-refractivity contribution in [3.8, 4) is 0 Å². The Kier molecular flexibility index (Phi) is 7.99. The van der Waals surface area contributed by atoms with E-state index in [1.807, 2.05) is 0 Å². The molecule has 1 saturated heterocycles. The Bertz CT molecular complexity index is 1270. The van der Waals surface area contributed by atoms with Crippen molar-refractivity contribution in [3.05, 3.63) is 39.0 Å². The average molecular weight is 494 g/mol. The van der Waals surface area contributed by atoms with Crippen LogP contribution in [0.2, 0.25) is 0 Å². The monoisotopic (exact) mass is 493 g/mol. The largest absolute Gasteiger partial charge is 0.355 e. The highest BCUT2D eigenvalue weighted by Crippen LogP contribution is 2.21. The van der Waals surface area contributed by atoms with E-state index in [1.165, 1.54) is 50.3 Å². The van der Waals surface area contributed by atoms with Gasteiger partial charge in [0.25, 0.3) is 5.56 Å². The summed E-state index contributed by atoms with van der Waals surface area (Å²) < 4.78 is 29.2. The number of amides is 1. The Labute approximate surface area is 200 Å². The van der Waals surface area contributed by atoms with Crippen LogP contribution in [0, 0.1) is 11.8 Å². The first-order valence-corrected chi connectivity index (χ1v) is 13.0. The Morgan fingerprint density at radius 2 is 1.76 bits per heavy atom. The first-order chi connectivity index (χ1) is 15.9. The number of rotatable bonds is 8. The lowest BCUT2D eigenvalue weighted by molar-refractivity contribution is -0.121. The average Bonchev–Trinajstić information content (AvgIpc) is 2.78. The molecule has 1 aromatic heterocycles. The van der Waals surface area contributed by atoms with Crippen LogP contribution in [0.15, 0.2) is 32.7 Å². The van der Waals surface area contributed by atoms with E-state index in [4.69, 9.17) is 0 Å². The zero-order valence-corrected chi connectivity index (χ0v) is 21.4. The minimum absolute atomic E-state index is 0.112. The third-order valence-corrected chi connectivity index (χ3v) is 8.23. The number of piperidine rings is 1. The highest BCUT2D eigenvalue weighted by atomic mass is 32.2. The zero-order valence-electron chi connectivity index (χ0n) is 20.6. The lowest BCUT2D eigenvalue weighted by Crippen LogP contribution is -2.41. The molecule has 0 radical (unpaired) electrons. The molecule has 1 amide bonds. The fourth-order valence-corrected chi connectivity index (χ4v) is 5.92. The summed E-state index contributed by atoms with van der Waals surface area (Å²) in [5, 5.41) is 2.91. The van der Waals surface area contributed by atoms with E-state index >= 15 is 0 Å². The van der Waals surface area contributed by atoms with Gasteiger partial charge in [0.1, 0.15) is 0 Å². The molecule has 0 spiro atoms.